The standard InChI is InChI=1S/C19H18ClN5/c1-24(2)11-16-19-23-21-12-25(19)17-9-8-14(20)10-15(17)18(22-16)13-6-4-3-5-7-13/h3-10,12,16H,11H2,1-2H3. The van der Waals surface area contributed by atoms with Crippen molar-refractivity contribution in [3.63, 3.8) is 0 Å². The number of fused-ring (bicyclic) bond motifs is 3. The fourth-order valence-corrected chi connectivity index (χ4v) is 3.31. The first-order chi connectivity index (χ1) is 12.1. The molecule has 0 aliphatic carbocycles. The number of halogens is 1. The smallest absolute Gasteiger partial charge is 0.163 e. The summed E-state index contributed by atoms with van der Waals surface area (Å²) in [5.74, 6) is 0.836. The molecule has 0 saturated carbocycles. The lowest BCUT2D eigenvalue weighted by Gasteiger charge is -2.16. The van der Waals surface area contributed by atoms with E-state index in [1.54, 1.807) is 6.33 Å². The Hall–Kier alpha value is -2.50. The van der Waals surface area contributed by atoms with Gasteiger partial charge in [0, 0.05) is 22.7 Å². The Morgan fingerprint density at radius 2 is 1.92 bits per heavy atom. The number of hydrogen-bond acceptors (Lipinski definition) is 4. The number of aliphatic imine (C=N–C) groups is 1. The van der Waals surface area contributed by atoms with Crippen molar-refractivity contribution in [3.8, 4) is 5.69 Å². The van der Waals surface area contributed by atoms with E-state index >= 15 is 0 Å². The van der Waals surface area contributed by atoms with Crippen LogP contribution in [-0.2, 0) is 0 Å². The zero-order chi connectivity index (χ0) is 17.4. The fourth-order valence-electron chi connectivity index (χ4n) is 3.14. The zero-order valence-electron chi connectivity index (χ0n) is 14.1. The van der Waals surface area contributed by atoms with Gasteiger partial charge in [0.1, 0.15) is 12.4 Å². The third-order valence-corrected chi connectivity index (χ3v) is 4.45. The maximum Gasteiger partial charge on any atom is 0.163 e. The Kier molecular flexibility index (Phi) is 4.11. The highest BCUT2D eigenvalue weighted by atomic mass is 35.5. The van der Waals surface area contributed by atoms with E-state index in [2.05, 4.69) is 27.2 Å². The summed E-state index contributed by atoms with van der Waals surface area (Å²) in [5.41, 5.74) is 3.97. The predicted octanol–water partition coefficient (Wildman–Crippen LogP) is 3.37. The first-order valence-electron chi connectivity index (χ1n) is 8.11. The molecule has 2 aromatic carbocycles. The molecule has 25 heavy (non-hydrogen) atoms. The van der Waals surface area contributed by atoms with Crippen molar-refractivity contribution in [1.29, 1.82) is 0 Å². The van der Waals surface area contributed by atoms with E-state index in [9.17, 15) is 0 Å². The lowest BCUT2D eigenvalue weighted by atomic mass is 10.0. The van der Waals surface area contributed by atoms with Crippen LogP contribution >= 0.6 is 11.6 Å². The molecule has 126 valence electrons. The number of aromatic nitrogens is 3. The number of rotatable bonds is 3. The maximum absolute atomic E-state index is 6.30. The molecule has 6 heteroatoms. The summed E-state index contributed by atoms with van der Waals surface area (Å²) in [6.45, 7) is 0.747. The Balaban J connectivity index is 1.99. The van der Waals surface area contributed by atoms with Gasteiger partial charge in [0.25, 0.3) is 0 Å². The first kappa shape index (κ1) is 16.0. The molecule has 1 atom stereocenters. The molecule has 0 N–H and O–H groups in total. The highest BCUT2D eigenvalue weighted by molar-refractivity contribution is 6.31. The second kappa shape index (κ2) is 6.43. The van der Waals surface area contributed by atoms with E-state index in [0.717, 1.165) is 34.9 Å². The van der Waals surface area contributed by atoms with E-state index in [0.29, 0.717) is 5.02 Å². The summed E-state index contributed by atoms with van der Waals surface area (Å²) in [4.78, 5) is 7.18. The minimum atomic E-state index is -0.112. The average Bonchev–Trinajstić information content (AvgIpc) is 3.04. The Labute approximate surface area is 151 Å². The van der Waals surface area contributed by atoms with Crippen LogP contribution in [0.2, 0.25) is 5.02 Å². The molecule has 0 amide bonds. The normalized spacial score (nSPS) is 16.2. The van der Waals surface area contributed by atoms with Crippen molar-refractivity contribution >= 4 is 17.3 Å². The second-order valence-electron chi connectivity index (χ2n) is 6.34. The van der Waals surface area contributed by atoms with Gasteiger partial charge in [-0.15, -0.1) is 10.2 Å². The van der Waals surface area contributed by atoms with Gasteiger partial charge in [0.15, 0.2) is 5.82 Å². The molecule has 0 spiro atoms. The van der Waals surface area contributed by atoms with Crippen LogP contribution < -0.4 is 0 Å². The molecule has 5 nitrogen and oxygen atoms in total. The predicted molar refractivity (Wildman–Crippen MR) is 99.7 cm³/mol. The largest absolute Gasteiger partial charge is 0.307 e. The van der Waals surface area contributed by atoms with Gasteiger partial charge < -0.3 is 4.90 Å². The fraction of sp³-hybridized carbons (Fsp3) is 0.211. The van der Waals surface area contributed by atoms with Crippen LogP contribution in [-0.4, -0.2) is 46.0 Å². The van der Waals surface area contributed by atoms with E-state index in [-0.39, 0.29) is 6.04 Å². The van der Waals surface area contributed by atoms with Gasteiger partial charge in [0.2, 0.25) is 0 Å². The summed E-state index contributed by atoms with van der Waals surface area (Å²) in [7, 11) is 4.07. The van der Waals surface area contributed by atoms with Gasteiger partial charge in [0.05, 0.1) is 11.4 Å². The van der Waals surface area contributed by atoms with Gasteiger partial charge in [-0.1, -0.05) is 41.9 Å². The molecular weight excluding hydrogens is 334 g/mol. The summed E-state index contributed by atoms with van der Waals surface area (Å²) in [6.07, 6.45) is 1.74. The molecule has 3 aromatic rings. The van der Waals surface area contributed by atoms with Crippen LogP contribution in [0.3, 0.4) is 0 Å². The third-order valence-electron chi connectivity index (χ3n) is 4.22. The van der Waals surface area contributed by atoms with E-state index in [1.807, 2.05) is 55.1 Å². The van der Waals surface area contributed by atoms with Gasteiger partial charge in [-0.3, -0.25) is 9.56 Å². The van der Waals surface area contributed by atoms with Crippen molar-refractivity contribution in [3.05, 3.63) is 76.8 Å². The third kappa shape index (κ3) is 2.97. The average molecular weight is 352 g/mol. The maximum atomic E-state index is 6.30. The van der Waals surface area contributed by atoms with Crippen LogP contribution in [0.4, 0.5) is 0 Å². The lowest BCUT2D eigenvalue weighted by molar-refractivity contribution is 0.370. The quantitative estimate of drug-likeness (QED) is 0.726. The molecule has 1 aliphatic rings. The minimum absolute atomic E-state index is 0.112. The summed E-state index contributed by atoms with van der Waals surface area (Å²) < 4.78 is 2.01. The molecule has 1 aromatic heterocycles. The first-order valence-corrected chi connectivity index (χ1v) is 8.49. The molecule has 1 aliphatic heterocycles. The second-order valence-corrected chi connectivity index (χ2v) is 6.78. The van der Waals surface area contributed by atoms with Crippen molar-refractivity contribution in [2.24, 2.45) is 4.99 Å². The summed E-state index contributed by atoms with van der Waals surface area (Å²) >= 11 is 6.30. The van der Waals surface area contributed by atoms with E-state index in [4.69, 9.17) is 16.6 Å². The Morgan fingerprint density at radius 3 is 2.68 bits per heavy atom. The topological polar surface area (TPSA) is 46.3 Å². The van der Waals surface area contributed by atoms with Crippen LogP contribution in [0.25, 0.3) is 5.69 Å². The molecule has 4 rings (SSSR count). The monoisotopic (exact) mass is 351 g/mol. The number of likely N-dealkylation sites (N-methyl/N-ethyl adjacent to an activating group) is 1. The molecule has 0 radical (unpaired) electrons. The number of benzene rings is 2. The van der Waals surface area contributed by atoms with Crippen LogP contribution in [0.1, 0.15) is 23.0 Å². The van der Waals surface area contributed by atoms with Crippen LogP contribution in [0, 0.1) is 0 Å². The molecule has 0 fully saturated rings. The van der Waals surface area contributed by atoms with Gasteiger partial charge >= 0.3 is 0 Å². The highest BCUT2D eigenvalue weighted by Gasteiger charge is 2.26. The van der Waals surface area contributed by atoms with Gasteiger partial charge in [-0.2, -0.15) is 0 Å². The number of nitrogens with zero attached hydrogens (tertiary/aromatic N) is 5. The Morgan fingerprint density at radius 1 is 1.12 bits per heavy atom. The number of hydrogen-bond donors (Lipinski definition) is 0. The summed E-state index contributed by atoms with van der Waals surface area (Å²) in [6, 6.07) is 15.9. The van der Waals surface area contributed by atoms with Crippen LogP contribution in [0.5, 0.6) is 0 Å². The van der Waals surface area contributed by atoms with Gasteiger partial charge in [-0.25, -0.2) is 0 Å². The molecule has 0 saturated heterocycles. The summed E-state index contributed by atoms with van der Waals surface area (Å²) in [5, 5.41) is 9.14. The molecule has 0 bridgehead atoms. The molecule has 2 heterocycles. The van der Waals surface area contributed by atoms with Crippen molar-refractivity contribution in [1.82, 2.24) is 19.7 Å². The van der Waals surface area contributed by atoms with Crippen molar-refractivity contribution in [2.75, 3.05) is 20.6 Å². The highest BCUT2D eigenvalue weighted by Crippen LogP contribution is 2.31. The van der Waals surface area contributed by atoms with Crippen molar-refractivity contribution < 1.29 is 0 Å². The zero-order valence-corrected chi connectivity index (χ0v) is 14.9. The Bertz CT molecular complexity index is 930. The minimum Gasteiger partial charge on any atom is -0.307 e. The van der Waals surface area contributed by atoms with Crippen LogP contribution in [0.15, 0.2) is 59.9 Å². The van der Waals surface area contributed by atoms with E-state index in [1.165, 1.54) is 0 Å². The molecular formula is C19H18ClN5. The molecule has 1 unspecified atom stereocenters. The van der Waals surface area contributed by atoms with E-state index < -0.39 is 0 Å². The SMILES string of the molecule is CN(C)CC1N=C(c2ccccc2)c2cc(Cl)ccc2-n2cnnc21. The van der Waals surface area contributed by atoms with Crippen molar-refractivity contribution in [2.45, 2.75) is 6.04 Å². The van der Waals surface area contributed by atoms with Gasteiger partial charge in [-0.05, 0) is 32.3 Å². The lowest BCUT2D eigenvalue weighted by Crippen LogP contribution is -2.21.